The maximum atomic E-state index is 10.3. The molecule has 146 valence electrons. The summed E-state index contributed by atoms with van der Waals surface area (Å²) in [6, 6.07) is 0. The molecule has 0 spiro atoms. The summed E-state index contributed by atoms with van der Waals surface area (Å²) in [4.78, 5) is 0. The lowest BCUT2D eigenvalue weighted by Gasteiger charge is -2.38. The molecule has 0 radical (unpaired) electrons. The molecule has 0 aliphatic heterocycles. The van der Waals surface area contributed by atoms with E-state index in [9.17, 15) is 10.2 Å². The molecule has 24 heavy (non-hydrogen) atoms. The summed E-state index contributed by atoms with van der Waals surface area (Å²) in [5.74, 6) is 0. The normalized spacial score (nSPS) is 17.0. The minimum absolute atomic E-state index is 0.292. The minimum Gasteiger partial charge on any atom is -0.382 e. The first-order valence-electron chi connectivity index (χ1n) is 9.02. The fraction of sp³-hybridized carbons (Fsp3) is 1.00. The Morgan fingerprint density at radius 2 is 0.750 bits per heavy atom. The number of aliphatic hydroxyl groups excluding tert-OH is 2. The van der Waals surface area contributed by atoms with Gasteiger partial charge in [0, 0.05) is 0 Å². The lowest BCUT2D eigenvalue weighted by Crippen LogP contribution is -2.57. The maximum absolute atomic E-state index is 10.3. The van der Waals surface area contributed by atoms with Crippen molar-refractivity contribution in [2.45, 2.75) is 12.2 Å². The zero-order valence-corrected chi connectivity index (χ0v) is 18.1. The molecule has 0 heterocycles. The van der Waals surface area contributed by atoms with Gasteiger partial charge in [0.15, 0.2) is 12.2 Å². The lowest BCUT2D eigenvalue weighted by atomic mass is 10.2. The molecule has 6 nitrogen and oxygen atoms in total. The molecule has 0 aliphatic rings. The summed E-state index contributed by atoms with van der Waals surface area (Å²) in [5.41, 5.74) is 0. The van der Waals surface area contributed by atoms with Gasteiger partial charge in [0.2, 0.25) is 0 Å². The first-order valence-corrected chi connectivity index (χ1v) is 9.02. The van der Waals surface area contributed by atoms with E-state index in [1.807, 2.05) is 0 Å². The van der Waals surface area contributed by atoms with Gasteiger partial charge in [-0.15, -0.1) is 0 Å². The smallest absolute Gasteiger partial charge is 0.152 e. The highest BCUT2D eigenvalue weighted by Crippen LogP contribution is 2.08. The highest BCUT2D eigenvalue weighted by molar-refractivity contribution is 4.54. The largest absolute Gasteiger partial charge is 0.382 e. The van der Waals surface area contributed by atoms with Crippen molar-refractivity contribution in [2.75, 3.05) is 110 Å². The molecule has 0 bridgehead atoms. The monoisotopic (exact) mass is 350 g/mol. The molecule has 0 rings (SSSR count). The summed E-state index contributed by atoms with van der Waals surface area (Å²) < 4.78 is 3.16. The van der Waals surface area contributed by atoms with Gasteiger partial charge in [-0.2, -0.15) is 0 Å². The number of nitrogens with zero attached hydrogens (tertiary/aromatic N) is 4. The summed E-state index contributed by atoms with van der Waals surface area (Å²) >= 11 is 0. The highest BCUT2D eigenvalue weighted by Gasteiger charge is 2.30. The van der Waals surface area contributed by atoms with Gasteiger partial charge in [0.1, 0.15) is 39.3 Å². The maximum Gasteiger partial charge on any atom is 0.152 e. The molecule has 2 atom stereocenters. The van der Waals surface area contributed by atoms with Gasteiger partial charge >= 0.3 is 0 Å². The quantitative estimate of drug-likeness (QED) is 0.483. The van der Waals surface area contributed by atoms with Crippen LogP contribution in [-0.2, 0) is 0 Å². The fourth-order valence-electron chi connectivity index (χ4n) is 3.25. The van der Waals surface area contributed by atoms with Crippen LogP contribution in [0.1, 0.15) is 0 Å². The molecule has 0 aromatic heterocycles. The standard InChI is InChI=1S/C18H46N4O2/c1-19(2,3)13-17(23)15-21(7,8)11-12-22(9,10)16-18(24)14-20(4,5)6/h17-18,23-24H,11-16H2,1-10H3/q+4. The Morgan fingerprint density at radius 3 is 0.958 bits per heavy atom. The number of quaternary nitrogens is 4. The minimum atomic E-state index is -0.292. The predicted molar refractivity (Wildman–Crippen MR) is 101 cm³/mol. The molecule has 2 unspecified atom stereocenters. The number of likely N-dealkylation sites (N-methyl/N-ethyl adjacent to an activating group) is 4. The van der Waals surface area contributed by atoms with E-state index in [2.05, 4.69) is 70.5 Å². The van der Waals surface area contributed by atoms with Gasteiger partial charge < -0.3 is 28.1 Å². The summed E-state index contributed by atoms with van der Waals surface area (Å²) in [5, 5.41) is 20.7. The zero-order chi connectivity index (χ0) is 19.4. The van der Waals surface area contributed by atoms with Gasteiger partial charge in [0.05, 0.1) is 70.5 Å². The van der Waals surface area contributed by atoms with E-state index in [0.29, 0.717) is 0 Å². The van der Waals surface area contributed by atoms with Crippen molar-refractivity contribution in [3.8, 4) is 0 Å². The van der Waals surface area contributed by atoms with E-state index < -0.39 is 0 Å². The van der Waals surface area contributed by atoms with E-state index in [1.165, 1.54) is 0 Å². The van der Waals surface area contributed by atoms with Crippen molar-refractivity contribution in [2.24, 2.45) is 0 Å². The topological polar surface area (TPSA) is 40.5 Å². The fourth-order valence-corrected chi connectivity index (χ4v) is 3.25. The molecular formula is C18H46N4O2+4. The van der Waals surface area contributed by atoms with E-state index in [1.54, 1.807) is 0 Å². The second-order valence-electron chi connectivity index (χ2n) is 10.9. The van der Waals surface area contributed by atoms with Gasteiger partial charge in [-0.3, -0.25) is 0 Å². The molecule has 0 aromatic rings. The molecule has 0 saturated carbocycles. The second kappa shape index (κ2) is 8.43. The average Bonchev–Trinajstić information content (AvgIpc) is 2.19. The first-order chi connectivity index (χ1) is 10.4. The third-order valence-corrected chi connectivity index (χ3v) is 4.24. The average molecular weight is 351 g/mol. The molecular weight excluding hydrogens is 304 g/mol. The highest BCUT2D eigenvalue weighted by atomic mass is 16.3. The Hall–Kier alpha value is -0.240. The molecule has 6 heteroatoms. The Kier molecular flexibility index (Phi) is 8.34. The SMILES string of the molecule is C[N+](C)(C)CC(O)C[N+](C)(C)CC[N+](C)(C)CC(O)C[N+](C)(C)C. The van der Waals surface area contributed by atoms with E-state index >= 15 is 0 Å². The Morgan fingerprint density at radius 1 is 0.500 bits per heavy atom. The molecule has 2 N–H and O–H groups in total. The Balaban J connectivity index is 4.46. The van der Waals surface area contributed by atoms with Gasteiger partial charge in [-0.1, -0.05) is 0 Å². The Labute approximate surface area is 150 Å². The van der Waals surface area contributed by atoms with Gasteiger partial charge in [-0.25, -0.2) is 0 Å². The van der Waals surface area contributed by atoms with Crippen molar-refractivity contribution >= 4 is 0 Å². The van der Waals surface area contributed by atoms with Crippen LogP contribution in [0.15, 0.2) is 0 Å². The third-order valence-electron chi connectivity index (χ3n) is 4.24. The van der Waals surface area contributed by atoms with Crippen LogP contribution in [0.4, 0.5) is 0 Å². The summed E-state index contributed by atoms with van der Waals surface area (Å²) in [7, 11) is 21.4. The van der Waals surface area contributed by atoms with Crippen LogP contribution < -0.4 is 0 Å². The molecule has 0 amide bonds. The van der Waals surface area contributed by atoms with Crippen molar-refractivity contribution in [1.29, 1.82) is 0 Å². The first kappa shape index (κ1) is 23.8. The van der Waals surface area contributed by atoms with Crippen molar-refractivity contribution in [3.05, 3.63) is 0 Å². The van der Waals surface area contributed by atoms with Crippen LogP contribution in [-0.4, -0.2) is 150 Å². The third kappa shape index (κ3) is 13.1. The van der Waals surface area contributed by atoms with Crippen molar-refractivity contribution in [3.63, 3.8) is 0 Å². The van der Waals surface area contributed by atoms with Crippen molar-refractivity contribution in [1.82, 2.24) is 0 Å². The summed E-state index contributed by atoms with van der Waals surface area (Å²) in [6.45, 7) is 5.02. The molecule has 0 aliphatic carbocycles. The van der Waals surface area contributed by atoms with E-state index in [-0.39, 0.29) is 12.2 Å². The van der Waals surface area contributed by atoms with Crippen molar-refractivity contribution < 1.29 is 28.1 Å². The van der Waals surface area contributed by atoms with E-state index in [4.69, 9.17) is 0 Å². The molecule has 0 fully saturated rings. The predicted octanol–water partition coefficient (Wildman–Crippen LogP) is -0.727. The number of hydrogen-bond acceptors (Lipinski definition) is 2. The Bertz CT molecular complexity index is 334. The number of rotatable bonds is 11. The number of aliphatic hydroxyl groups is 2. The zero-order valence-electron chi connectivity index (χ0n) is 18.1. The lowest BCUT2D eigenvalue weighted by molar-refractivity contribution is -0.953. The van der Waals surface area contributed by atoms with Crippen LogP contribution >= 0.6 is 0 Å². The van der Waals surface area contributed by atoms with Gasteiger partial charge in [0.25, 0.3) is 0 Å². The second-order valence-corrected chi connectivity index (χ2v) is 10.9. The van der Waals surface area contributed by atoms with E-state index in [0.717, 1.165) is 57.2 Å². The van der Waals surface area contributed by atoms with Crippen LogP contribution in [0, 0.1) is 0 Å². The summed E-state index contributed by atoms with van der Waals surface area (Å²) in [6.07, 6.45) is -0.584. The van der Waals surface area contributed by atoms with Crippen LogP contribution in [0.2, 0.25) is 0 Å². The van der Waals surface area contributed by atoms with Crippen LogP contribution in [0.25, 0.3) is 0 Å². The van der Waals surface area contributed by atoms with Crippen LogP contribution in [0.3, 0.4) is 0 Å². The van der Waals surface area contributed by atoms with Crippen LogP contribution in [0.5, 0.6) is 0 Å². The number of hydrogen-bond donors (Lipinski definition) is 2. The molecule has 0 saturated heterocycles. The molecule has 0 aromatic carbocycles. The van der Waals surface area contributed by atoms with Gasteiger partial charge in [-0.05, 0) is 0 Å².